The van der Waals surface area contributed by atoms with Gasteiger partial charge in [0, 0.05) is 42.0 Å². The van der Waals surface area contributed by atoms with Crippen LogP contribution in [0.1, 0.15) is 47.3 Å². The fourth-order valence-electron chi connectivity index (χ4n) is 5.49. The van der Waals surface area contributed by atoms with Crippen molar-refractivity contribution in [2.75, 3.05) is 5.32 Å². The number of piperidine rings is 1. The summed E-state index contributed by atoms with van der Waals surface area (Å²) in [6.07, 6.45) is 5.01. The second-order valence-electron chi connectivity index (χ2n) is 10.5. The lowest BCUT2D eigenvalue weighted by Gasteiger charge is -2.27. The topological polar surface area (TPSA) is 123 Å². The number of rotatable bonds is 6. The van der Waals surface area contributed by atoms with Gasteiger partial charge in [-0.25, -0.2) is 15.0 Å². The van der Waals surface area contributed by atoms with Crippen molar-refractivity contribution in [1.82, 2.24) is 29.6 Å². The van der Waals surface area contributed by atoms with Crippen molar-refractivity contribution in [3.63, 3.8) is 0 Å². The number of nitrogens with zero attached hydrogens (tertiary/aromatic N) is 6. The van der Waals surface area contributed by atoms with Gasteiger partial charge in [-0.15, -0.1) is 0 Å². The second-order valence-corrected chi connectivity index (χ2v) is 10.5. The van der Waals surface area contributed by atoms with Crippen molar-refractivity contribution in [2.24, 2.45) is 5.92 Å². The summed E-state index contributed by atoms with van der Waals surface area (Å²) in [6, 6.07) is 8.95. The maximum Gasteiger partial charge on any atom is 0.248 e. The molecular weight excluding hydrogens is 494 g/mol. The molecule has 6 rings (SSSR count). The predicted octanol–water partition coefficient (Wildman–Crippen LogP) is 3.64. The highest BCUT2D eigenvalue weighted by Crippen LogP contribution is 2.48. The summed E-state index contributed by atoms with van der Waals surface area (Å²) < 4.78 is 1.57. The molecule has 0 bridgehead atoms. The summed E-state index contributed by atoms with van der Waals surface area (Å²) in [5.41, 5.74) is 4.33. The Bertz CT molecular complexity index is 1640. The van der Waals surface area contributed by atoms with Crippen molar-refractivity contribution in [3.05, 3.63) is 65.5 Å². The van der Waals surface area contributed by atoms with E-state index in [2.05, 4.69) is 25.4 Å². The third-order valence-electron chi connectivity index (χ3n) is 7.66. The molecule has 198 valence electrons. The number of hydrogen-bond donors (Lipinski definition) is 1. The number of nitrogens with one attached hydrogen (secondary N) is 1. The molecule has 2 amide bonds. The Morgan fingerprint density at radius 1 is 1.00 bits per heavy atom. The number of anilines is 1. The monoisotopic (exact) mass is 523 g/mol. The summed E-state index contributed by atoms with van der Waals surface area (Å²) in [6.45, 7) is 6.99. The average Bonchev–Trinajstić information content (AvgIpc) is 3.41. The molecule has 0 radical (unpaired) electrons. The molecule has 39 heavy (non-hydrogen) atoms. The van der Waals surface area contributed by atoms with Crippen molar-refractivity contribution >= 4 is 34.3 Å². The van der Waals surface area contributed by atoms with Crippen molar-refractivity contribution in [3.8, 4) is 11.1 Å². The molecule has 2 fully saturated rings. The minimum atomic E-state index is -0.565. The number of aryl methyl sites for hydroxylation is 3. The molecule has 1 aliphatic carbocycles. The van der Waals surface area contributed by atoms with Crippen LogP contribution in [0.3, 0.4) is 0 Å². The third-order valence-corrected chi connectivity index (χ3v) is 7.66. The zero-order chi connectivity index (χ0) is 27.4. The molecule has 4 aromatic rings. The Morgan fingerprint density at radius 2 is 1.77 bits per heavy atom. The number of carbonyl (C=O) groups excluding carboxylic acids is 3. The minimum absolute atomic E-state index is 0.0575. The van der Waals surface area contributed by atoms with Crippen LogP contribution in [0.5, 0.6) is 0 Å². The van der Waals surface area contributed by atoms with Crippen molar-refractivity contribution in [2.45, 2.75) is 59.2 Å². The summed E-state index contributed by atoms with van der Waals surface area (Å²) >= 11 is 0. The van der Waals surface area contributed by atoms with E-state index in [4.69, 9.17) is 0 Å². The van der Waals surface area contributed by atoms with E-state index in [9.17, 15) is 14.4 Å². The molecule has 1 saturated heterocycles. The zero-order valence-corrected chi connectivity index (χ0v) is 22.3. The maximum atomic E-state index is 13.7. The van der Waals surface area contributed by atoms with Crippen molar-refractivity contribution in [1.29, 1.82) is 0 Å². The smallest absolute Gasteiger partial charge is 0.248 e. The van der Waals surface area contributed by atoms with Crippen LogP contribution in [0.15, 0.2) is 42.7 Å². The van der Waals surface area contributed by atoms with E-state index in [1.807, 2.05) is 51.1 Å². The minimum Gasteiger partial charge on any atom is -0.326 e. The fraction of sp³-hybridized carbons (Fsp3) is 0.345. The molecule has 3 aromatic heterocycles. The number of hydrogen-bond acceptors (Lipinski definition) is 7. The highest BCUT2D eigenvalue weighted by atomic mass is 16.2. The normalized spacial score (nSPS) is 19.7. The van der Waals surface area contributed by atoms with Gasteiger partial charge in [0.1, 0.15) is 29.9 Å². The second kappa shape index (κ2) is 9.37. The number of Topliss-reactive ketones (excluding diaryl/α,β-unsaturated/α-hetero) is 1. The molecule has 4 heterocycles. The van der Waals surface area contributed by atoms with Crippen LogP contribution in [-0.4, -0.2) is 59.3 Å². The van der Waals surface area contributed by atoms with Crippen LogP contribution >= 0.6 is 0 Å². The number of aromatic nitrogens is 5. The van der Waals surface area contributed by atoms with Crippen LogP contribution in [0.2, 0.25) is 0 Å². The molecule has 1 aliphatic heterocycles. The first kappa shape index (κ1) is 24.8. The maximum absolute atomic E-state index is 13.7. The van der Waals surface area contributed by atoms with Gasteiger partial charge in [0.25, 0.3) is 0 Å². The van der Waals surface area contributed by atoms with E-state index in [0.717, 1.165) is 28.8 Å². The van der Waals surface area contributed by atoms with Crippen LogP contribution in [0.4, 0.5) is 5.82 Å². The first-order chi connectivity index (χ1) is 18.7. The standard InChI is InChI=1S/C29H29N7O3/c1-15-5-6-16(2)32-28(15)33-29(39)25-11-20-10-24(20)36(25)26(38)14-35-23-8-7-19(21-12-30-18(4)31-13-21)9-22(23)27(34-35)17(3)37/h5-9,12-13,20,24-25H,10-11,14H2,1-4H3,(H,32,33,39)/t20-,24-,25-/m0/s1. The van der Waals surface area contributed by atoms with E-state index >= 15 is 0 Å². The molecule has 0 unspecified atom stereocenters. The average molecular weight is 524 g/mol. The first-order valence-electron chi connectivity index (χ1n) is 13.1. The van der Waals surface area contributed by atoms with Crippen molar-refractivity contribution < 1.29 is 14.4 Å². The molecule has 0 spiro atoms. The molecule has 3 atom stereocenters. The van der Waals surface area contributed by atoms with Gasteiger partial charge < -0.3 is 10.2 Å². The van der Waals surface area contributed by atoms with Gasteiger partial charge in [-0.1, -0.05) is 12.1 Å². The van der Waals surface area contributed by atoms with Gasteiger partial charge in [-0.2, -0.15) is 5.10 Å². The highest BCUT2D eigenvalue weighted by Gasteiger charge is 2.56. The molecule has 1 N–H and O–H groups in total. The highest BCUT2D eigenvalue weighted by molar-refractivity contribution is 6.06. The molecule has 1 saturated carbocycles. The van der Waals surface area contributed by atoms with Gasteiger partial charge in [0.15, 0.2) is 5.78 Å². The van der Waals surface area contributed by atoms with Gasteiger partial charge in [0.05, 0.1) is 5.52 Å². The van der Waals surface area contributed by atoms with Crippen LogP contribution in [0.25, 0.3) is 22.0 Å². The van der Waals surface area contributed by atoms with Gasteiger partial charge >= 0.3 is 0 Å². The van der Waals surface area contributed by atoms with E-state index in [1.165, 1.54) is 6.92 Å². The summed E-state index contributed by atoms with van der Waals surface area (Å²) in [7, 11) is 0. The summed E-state index contributed by atoms with van der Waals surface area (Å²) in [4.78, 5) is 54.1. The Kier molecular flexibility index (Phi) is 5.97. The van der Waals surface area contributed by atoms with Crippen LogP contribution < -0.4 is 5.32 Å². The third kappa shape index (κ3) is 4.56. The zero-order valence-electron chi connectivity index (χ0n) is 22.3. The molecular formula is C29H29N7O3. The lowest BCUT2D eigenvalue weighted by atomic mass is 10.0. The molecule has 10 heteroatoms. The van der Waals surface area contributed by atoms with Crippen LogP contribution in [0, 0.1) is 26.7 Å². The molecule has 2 aliphatic rings. The summed E-state index contributed by atoms with van der Waals surface area (Å²) in [5.74, 6) is 0.920. The Hall–Kier alpha value is -4.47. The number of ketones is 1. The van der Waals surface area contributed by atoms with Gasteiger partial charge in [-0.3, -0.25) is 19.1 Å². The van der Waals surface area contributed by atoms with E-state index < -0.39 is 6.04 Å². The van der Waals surface area contributed by atoms with E-state index in [1.54, 1.807) is 22.0 Å². The molecule has 1 aromatic carbocycles. The number of pyridine rings is 1. The largest absolute Gasteiger partial charge is 0.326 e. The van der Waals surface area contributed by atoms with Gasteiger partial charge in [-0.05, 0) is 68.9 Å². The number of carbonyl (C=O) groups is 3. The number of likely N-dealkylation sites (tertiary alicyclic amines) is 1. The SMILES string of the molecule is CC(=O)c1nn(CC(=O)N2[C@H](C(=O)Nc3nc(C)ccc3C)C[C@@H]3C[C@@H]32)c2ccc(-c3cnc(C)nc3)cc12. The Morgan fingerprint density at radius 3 is 2.51 bits per heavy atom. The van der Waals surface area contributed by atoms with E-state index in [-0.39, 0.29) is 30.2 Å². The molecule has 10 nitrogen and oxygen atoms in total. The number of amides is 2. The Balaban J connectivity index is 1.27. The lowest BCUT2D eigenvalue weighted by Crippen LogP contribution is -2.47. The quantitative estimate of drug-likeness (QED) is 0.383. The first-order valence-corrected chi connectivity index (χ1v) is 13.1. The Labute approximate surface area is 225 Å². The van der Waals surface area contributed by atoms with E-state index in [0.29, 0.717) is 40.6 Å². The number of fused-ring (bicyclic) bond motifs is 2. The van der Waals surface area contributed by atoms with Crippen LogP contribution in [-0.2, 0) is 16.1 Å². The summed E-state index contributed by atoms with van der Waals surface area (Å²) in [5, 5.41) is 8.12. The number of benzene rings is 1. The predicted molar refractivity (Wildman–Crippen MR) is 145 cm³/mol. The van der Waals surface area contributed by atoms with Gasteiger partial charge in [0.2, 0.25) is 11.8 Å². The fourth-order valence-corrected chi connectivity index (χ4v) is 5.49. The lowest BCUT2D eigenvalue weighted by molar-refractivity contribution is -0.138.